The van der Waals surface area contributed by atoms with Gasteiger partial charge in [0.2, 0.25) is 15.7 Å². The number of nitrogens with two attached hydrogens (primary N) is 2. The Labute approximate surface area is 287 Å². The second-order valence-corrected chi connectivity index (χ2v) is 13.6. The van der Waals surface area contributed by atoms with E-state index in [2.05, 4.69) is 5.32 Å². The second kappa shape index (κ2) is 17.8. The van der Waals surface area contributed by atoms with Gasteiger partial charge in [0.15, 0.2) is 0 Å². The number of sulfone groups is 1. The number of alkyl halides is 6. The van der Waals surface area contributed by atoms with Gasteiger partial charge in [0.25, 0.3) is 0 Å². The number of carboxylic acid groups (broad SMARTS) is 3. The van der Waals surface area contributed by atoms with Crippen molar-refractivity contribution in [2.75, 3.05) is 11.6 Å². The van der Waals surface area contributed by atoms with Crippen molar-refractivity contribution in [3.05, 3.63) is 59.0 Å². The maximum atomic E-state index is 13.4. The molecule has 0 aliphatic rings. The first kappa shape index (κ1) is 43.4. The van der Waals surface area contributed by atoms with Gasteiger partial charge in [-0.05, 0) is 66.6 Å². The summed E-state index contributed by atoms with van der Waals surface area (Å²) >= 11 is 2.46. The first-order chi connectivity index (χ1) is 22.8. The third-order valence-electron chi connectivity index (χ3n) is 5.86. The zero-order valence-electron chi connectivity index (χ0n) is 25.5. The number of carbonyl (C=O) groups is 4. The van der Waals surface area contributed by atoms with Crippen LogP contribution in [-0.4, -0.2) is 78.0 Å². The van der Waals surface area contributed by atoms with Crippen LogP contribution in [0.2, 0.25) is 0 Å². The van der Waals surface area contributed by atoms with E-state index in [0.717, 1.165) is 11.1 Å². The van der Waals surface area contributed by atoms with E-state index in [1.54, 1.807) is 42.7 Å². The Kier molecular flexibility index (Phi) is 15.5. The van der Waals surface area contributed by atoms with Gasteiger partial charge in [0.1, 0.15) is 11.9 Å². The van der Waals surface area contributed by atoms with Crippen molar-refractivity contribution in [1.29, 1.82) is 5.41 Å². The maximum absolute atomic E-state index is 13.4. The van der Waals surface area contributed by atoms with Gasteiger partial charge in [0.05, 0.1) is 18.9 Å². The molecular formula is C28H28F6N4O9S3. The van der Waals surface area contributed by atoms with Crippen LogP contribution in [-0.2, 0) is 29.0 Å². The summed E-state index contributed by atoms with van der Waals surface area (Å²) in [5.41, 5.74) is 13.8. The first-order valence-corrected chi connectivity index (χ1v) is 16.7. The lowest BCUT2D eigenvalue weighted by Crippen LogP contribution is -2.31. The van der Waals surface area contributed by atoms with E-state index in [0.29, 0.717) is 20.3 Å². The number of amides is 1. The molecule has 0 saturated carbocycles. The molecule has 50 heavy (non-hydrogen) atoms. The van der Waals surface area contributed by atoms with Crippen molar-refractivity contribution >= 4 is 68.3 Å². The predicted octanol–water partition coefficient (Wildman–Crippen LogP) is 4.96. The lowest BCUT2D eigenvalue weighted by Gasteiger charge is -2.12. The molecule has 0 aliphatic carbocycles. The summed E-state index contributed by atoms with van der Waals surface area (Å²) in [6.07, 6.45) is -8.40. The number of nitrogens with one attached hydrogen (secondary N) is 2. The molecule has 1 unspecified atom stereocenters. The fraction of sp³-hybridized carbons (Fsp3) is 0.250. The van der Waals surface area contributed by atoms with E-state index in [1.807, 2.05) is 6.92 Å². The van der Waals surface area contributed by atoms with Crippen molar-refractivity contribution in [2.24, 2.45) is 11.5 Å². The fourth-order valence-electron chi connectivity index (χ4n) is 3.48. The van der Waals surface area contributed by atoms with E-state index in [-0.39, 0.29) is 34.4 Å². The van der Waals surface area contributed by atoms with E-state index in [4.69, 9.17) is 41.8 Å². The molecule has 1 heterocycles. The SMILES string of the molecule is CSc1sc(C(=N)N)cc1S(=O)(=O)c1cccc(-c2ccc(NC(=O)CCC(N)C(=O)O)cc2C)c1.O=C(O)C(F)(F)F.O=C(O)C(F)(F)F. The van der Waals surface area contributed by atoms with Gasteiger partial charge in [0, 0.05) is 12.1 Å². The summed E-state index contributed by atoms with van der Waals surface area (Å²) in [7, 11) is -3.85. The van der Waals surface area contributed by atoms with Gasteiger partial charge >= 0.3 is 30.3 Å². The summed E-state index contributed by atoms with van der Waals surface area (Å²) < 4.78 is 90.9. The molecule has 22 heteroatoms. The Morgan fingerprint density at radius 1 is 0.960 bits per heavy atom. The molecule has 3 rings (SSSR count). The number of thioether (sulfide) groups is 1. The molecule has 3 aromatic rings. The molecule has 1 amide bonds. The Bertz CT molecular complexity index is 1820. The topological polar surface area (TPSA) is 251 Å². The number of hydrogen-bond acceptors (Lipinski definition) is 10. The highest BCUT2D eigenvalue weighted by Crippen LogP contribution is 2.38. The predicted molar refractivity (Wildman–Crippen MR) is 170 cm³/mol. The number of aryl methyl sites for hydroxylation is 1. The molecule has 0 saturated heterocycles. The molecule has 0 spiro atoms. The largest absolute Gasteiger partial charge is 0.490 e. The van der Waals surface area contributed by atoms with Crippen LogP contribution in [0.1, 0.15) is 23.3 Å². The summed E-state index contributed by atoms with van der Waals surface area (Å²) in [4.78, 5) is 41.4. The van der Waals surface area contributed by atoms with E-state index in [1.165, 1.54) is 35.2 Å². The van der Waals surface area contributed by atoms with Crippen LogP contribution < -0.4 is 16.8 Å². The van der Waals surface area contributed by atoms with Crippen LogP contribution in [0, 0.1) is 12.3 Å². The smallest absolute Gasteiger partial charge is 0.480 e. The van der Waals surface area contributed by atoms with E-state index >= 15 is 0 Å². The third-order valence-corrected chi connectivity index (χ3v) is 10.2. The minimum atomic E-state index is -5.08. The van der Waals surface area contributed by atoms with Crippen LogP contribution in [0.15, 0.2) is 62.5 Å². The van der Waals surface area contributed by atoms with Crippen LogP contribution in [0.4, 0.5) is 32.0 Å². The molecule has 13 nitrogen and oxygen atoms in total. The molecule has 0 radical (unpaired) electrons. The number of benzene rings is 2. The van der Waals surface area contributed by atoms with Gasteiger partial charge in [-0.2, -0.15) is 26.3 Å². The lowest BCUT2D eigenvalue weighted by molar-refractivity contribution is -0.193. The number of rotatable bonds is 10. The number of halogens is 6. The van der Waals surface area contributed by atoms with Crippen LogP contribution in [0.25, 0.3) is 11.1 Å². The molecular weight excluding hydrogens is 747 g/mol. The van der Waals surface area contributed by atoms with E-state index in [9.17, 15) is 44.3 Å². The minimum Gasteiger partial charge on any atom is -0.480 e. The minimum absolute atomic E-state index is 0.0236. The summed E-state index contributed by atoms with van der Waals surface area (Å²) in [6, 6.07) is 12.2. The second-order valence-electron chi connectivity index (χ2n) is 9.58. The van der Waals surface area contributed by atoms with Crippen molar-refractivity contribution in [1.82, 2.24) is 0 Å². The van der Waals surface area contributed by atoms with Gasteiger partial charge < -0.3 is 32.1 Å². The summed E-state index contributed by atoms with van der Waals surface area (Å²) in [5, 5.41) is 33.5. The zero-order chi connectivity index (χ0) is 38.8. The molecule has 9 N–H and O–H groups in total. The number of nitrogen functional groups attached to an aromatic ring is 1. The van der Waals surface area contributed by atoms with Crippen molar-refractivity contribution in [3.8, 4) is 11.1 Å². The highest BCUT2D eigenvalue weighted by atomic mass is 32.2. The van der Waals surface area contributed by atoms with Crippen molar-refractivity contribution in [2.45, 2.75) is 52.2 Å². The summed E-state index contributed by atoms with van der Waals surface area (Å²) in [5.74, 6) is -7.20. The van der Waals surface area contributed by atoms with Gasteiger partial charge in [-0.3, -0.25) is 15.0 Å². The molecule has 274 valence electrons. The number of amidine groups is 1. The van der Waals surface area contributed by atoms with E-state index < -0.39 is 46.1 Å². The Hall–Kier alpha value is -4.67. The lowest BCUT2D eigenvalue weighted by atomic mass is 10.00. The zero-order valence-corrected chi connectivity index (χ0v) is 28.0. The third kappa shape index (κ3) is 13.0. The Balaban J connectivity index is 0.000000748. The van der Waals surface area contributed by atoms with Gasteiger partial charge in [-0.25, -0.2) is 18.0 Å². The normalized spacial score (nSPS) is 11.9. The molecule has 2 aromatic carbocycles. The molecule has 0 aliphatic heterocycles. The highest BCUT2D eigenvalue weighted by Gasteiger charge is 2.39. The molecule has 1 atom stereocenters. The first-order valence-electron chi connectivity index (χ1n) is 13.2. The number of anilines is 1. The maximum Gasteiger partial charge on any atom is 0.490 e. The number of thiophene rings is 1. The number of carboxylic acids is 3. The Morgan fingerprint density at radius 3 is 1.94 bits per heavy atom. The summed E-state index contributed by atoms with van der Waals surface area (Å²) in [6.45, 7) is 1.84. The number of aliphatic carboxylic acids is 3. The van der Waals surface area contributed by atoms with Crippen LogP contribution in [0.3, 0.4) is 0 Å². The average Bonchev–Trinajstić information content (AvgIpc) is 3.46. The van der Waals surface area contributed by atoms with Crippen molar-refractivity contribution < 1.29 is 69.3 Å². The molecule has 0 fully saturated rings. The average molecular weight is 775 g/mol. The standard InChI is InChI=1S/C24H26N4O5S3.2C2HF3O2/c1-13-10-15(28-21(29)9-8-18(25)23(30)31)6-7-17(13)14-4-3-5-16(11-14)36(32,33)20-12-19(22(26)27)35-24(20)34-2;2*3-2(4,5)1(6)7/h3-7,10-12,18H,8-9,25H2,1-2H3,(H3,26,27)(H,28,29)(H,30,31);2*(H,6,7). The number of carbonyl (C=O) groups excluding carboxylic acids is 1. The van der Waals surface area contributed by atoms with Crippen LogP contribution >= 0.6 is 23.1 Å². The van der Waals surface area contributed by atoms with Crippen molar-refractivity contribution in [3.63, 3.8) is 0 Å². The van der Waals surface area contributed by atoms with Gasteiger partial charge in [-0.1, -0.05) is 18.2 Å². The fourth-order valence-corrected chi connectivity index (χ4v) is 7.38. The number of hydrogen-bond donors (Lipinski definition) is 7. The molecule has 1 aromatic heterocycles. The van der Waals surface area contributed by atoms with Gasteiger partial charge in [-0.15, -0.1) is 23.1 Å². The monoisotopic (exact) mass is 774 g/mol. The highest BCUT2D eigenvalue weighted by molar-refractivity contribution is 8.01. The Morgan fingerprint density at radius 2 is 1.50 bits per heavy atom. The quantitative estimate of drug-likeness (QED) is 0.0625. The van der Waals surface area contributed by atoms with Crippen LogP contribution in [0.5, 0.6) is 0 Å². The molecule has 0 bridgehead atoms.